The second-order valence-electron chi connectivity index (χ2n) is 3.40. The normalized spacial score (nSPS) is 10.5. The van der Waals surface area contributed by atoms with Gasteiger partial charge in [0.1, 0.15) is 0 Å². The van der Waals surface area contributed by atoms with E-state index >= 15 is 0 Å². The zero-order valence-electron chi connectivity index (χ0n) is 11.9. The molecule has 0 amide bonds. The zero-order chi connectivity index (χ0) is 13.5. The molecule has 1 unspecified atom stereocenters. The van der Waals surface area contributed by atoms with Crippen LogP contribution < -0.4 is 0 Å². The molecule has 17 heavy (non-hydrogen) atoms. The lowest BCUT2D eigenvalue weighted by molar-refractivity contribution is 0.0472. The molecular weight excluding hydrogens is 228 g/mol. The van der Waals surface area contributed by atoms with E-state index in [0.29, 0.717) is 6.10 Å². The van der Waals surface area contributed by atoms with Crippen LogP contribution in [0.15, 0.2) is 30.3 Å². The first kappa shape index (κ1) is 18.9. The molecule has 0 aliphatic carbocycles. The number of hydrogen-bond donors (Lipinski definition) is 1. The van der Waals surface area contributed by atoms with Crippen molar-refractivity contribution in [3.63, 3.8) is 0 Å². The van der Waals surface area contributed by atoms with Gasteiger partial charge in [0.2, 0.25) is 0 Å². The molecule has 0 fully saturated rings. The molecule has 0 aliphatic heterocycles. The van der Waals surface area contributed by atoms with Gasteiger partial charge in [-0.25, -0.2) is 0 Å². The zero-order valence-corrected chi connectivity index (χ0v) is 12.8. The molecule has 0 spiro atoms. The molecule has 0 aromatic heterocycles. The van der Waals surface area contributed by atoms with Gasteiger partial charge in [0.05, 0.1) is 12.7 Å². The highest BCUT2D eigenvalue weighted by Gasteiger charge is 1.99. The van der Waals surface area contributed by atoms with Crippen LogP contribution in [0.3, 0.4) is 0 Å². The third kappa shape index (κ3) is 11.8. The van der Waals surface area contributed by atoms with Crippen LogP contribution in [0, 0.1) is 0 Å². The van der Waals surface area contributed by atoms with Crippen molar-refractivity contribution < 1.29 is 4.74 Å². The van der Waals surface area contributed by atoms with Crippen molar-refractivity contribution in [3.05, 3.63) is 35.9 Å². The lowest BCUT2D eigenvalue weighted by Gasteiger charge is -2.11. The summed E-state index contributed by atoms with van der Waals surface area (Å²) in [6, 6.07) is 10.3. The monoisotopic (exact) mass is 256 g/mol. The number of ether oxygens (including phenoxy) is 1. The van der Waals surface area contributed by atoms with Crippen LogP contribution in [0.1, 0.15) is 46.1 Å². The summed E-state index contributed by atoms with van der Waals surface area (Å²) < 4.78 is 5.67. The molecule has 100 valence electrons. The Morgan fingerprint density at radius 3 is 2.12 bits per heavy atom. The van der Waals surface area contributed by atoms with E-state index in [0.717, 1.165) is 13.0 Å². The first-order valence-electron chi connectivity index (χ1n) is 6.43. The molecule has 1 rings (SSSR count). The molecule has 0 heterocycles. The molecule has 0 saturated carbocycles. The maximum Gasteiger partial charge on any atom is 0.0720 e. The molecule has 1 atom stereocenters. The summed E-state index contributed by atoms with van der Waals surface area (Å²) >= 11 is 3.53. The van der Waals surface area contributed by atoms with Gasteiger partial charge in [-0.15, -0.1) is 0 Å². The minimum atomic E-state index is 0.380. The lowest BCUT2D eigenvalue weighted by Crippen LogP contribution is -2.07. The fourth-order valence-electron chi connectivity index (χ4n) is 1.30. The molecule has 1 aromatic rings. The third-order valence-electron chi connectivity index (χ3n) is 2.07. The third-order valence-corrected chi connectivity index (χ3v) is 2.07. The topological polar surface area (TPSA) is 9.23 Å². The van der Waals surface area contributed by atoms with Crippen molar-refractivity contribution in [2.24, 2.45) is 0 Å². The number of hydrogen-bond acceptors (Lipinski definition) is 2. The van der Waals surface area contributed by atoms with Crippen molar-refractivity contribution in [1.29, 1.82) is 0 Å². The Balaban J connectivity index is 0. The highest BCUT2D eigenvalue weighted by molar-refractivity contribution is 7.79. The van der Waals surface area contributed by atoms with E-state index in [2.05, 4.69) is 38.6 Å². The maximum absolute atomic E-state index is 5.67. The van der Waals surface area contributed by atoms with Crippen molar-refractivity contribution in [3.8, 4) is 0 Å². The smallest absolute Gasteiger partial charge is 0.0720 e. The van der Waals surface area contributed by atoms with Gasteiger partial charge in [-0.1, -0.05) is 57.5 Å². The SMILES string of the molecule is CC.CCCC(C)OCc1ccccc1.CS. The van der Waals surface area contributed by atoms with Gasteiger partial charge in [0.25, 0.3) is 0 Å². The Labute approximate surface area is 113 Å². The van der Waals surface area contributed by atoms with Crippen molar-refractivity contribution in [1.82, 2.24) is 0 Å². The maximum atomic E-state index is 5.67. The van der Waals surface area contributed by atoms with Crippen LogP contribution in [0.25, 0.3) is 0 Å². The van der Waals surface area contributed by atoms with E-state index in [1.54, 1.807) is 6.26 Å². The lowest BCUT2D eigenvalue weighted by atomic mass is 10.2. The van der Waals surface area contributed by atoms with Gasteiger partial charge < -0.3 is 4.74 Å². The Kier molecular flexibility index (Phi) is 17.3. The summed E-state index contributed by atoms with van der Waals surface area (Å²) in [5.41, 5.74) is 1.26. The highest BCUT2D eigenvalue weighted by Crippen LogP contribution is 2.06. The van der Waals surface area contributed by atoms with E-state index < -0.39 is 0 Å². The fourth-order valence-corrected chi connectivity index (χ4v) is 1.30. The first-order chi connectivity index (χ1) is 8.33. The minimum Gasteiger partial charge on any atom is -0.374 e. The molecule has 0 radical (unpaired) electrons. The van der Waals surface area contributed by atoms with Crippen LogP contribution in [-0.4, -0.2) is 12.4 Å². The summed E-state index contributed by atoms with van der Waals surface area (Å²) in [4.78, 5) is 0. The van der Waals surface area contributed by atoms with Gasteiger partial charge in [0.15, 0.2) is 0 Å². The second-order valence-corrected chi connectivity index (χ2v) is 3.40. The molecule has 0 saturated heterocycles. The van der Waals surface area contributed by atoms with Crippen molar-refractivity contribution >= 4 is 12.6 Å². The van der Waals surface area contributed by atoms with Gasteiger partial charge in [0, 0.05) is 0 Å². The van der Waals surface area contributed by atoms with Crippen LogP contribution in [0.5, 0.6) is 0 Å². The first-order valence-corrected chi connectivity index (χ1v) is 7.32. The van der Waals surface area contributed by atoms with Gasteiger partial charge >= 0.3 is 0 Å². The van der Waals surface area contributed by atoms with Crippen LogP contribution in [0.4, 0.5) is 0 Å². The molecule has 0 bridgehead atoms. The van der Waals surface area contributed by atoms with Crippen LogP contribution in [-0.2, 0) is 11.3 Å². The standard InChI is InChI=1S/C12H18O.C2H6.CH4S/c1-3-7-11(2)13-10-12-8-5-4-6-9-12;2*1-2/h4-6,8-9,11H,3,7,10H2,1-2H3;1-2H3;2H,1H3. The molecule has 2 heteroatoms. The fraction of sp³-hybridized carbons (Fsp3) is 0.600. The number of benzene rings is 1. The molecule has 1 aromatic carbocycles. The Hall–Kier alpha value is -0.470. The van der Waals surface area contributed by atoms with Gasteiger partial charge in [-0.3, -0.25) is 0 Å². The van der Waals surface area contributed by atoms with E-state index in [1.807, 2.05) is 32.0 Å². The van der Waals surface area contributed by atoms with E-state index in [9.17, 15) is 0 Å². The van der Waals surface area contributed by atoms with Crippen LogP contribution >= 0.6 is 12.6 Å². The average Bonchev–Trinajstić information content (AvgIpc) is 2.43. The Morgan fingerprint density at radius 2 is 1.65 bits per heavy atom. The molecule has 1 nitrogen and oxygen atoms in total. The Bertz CT molecular complexity index is 224. The summed E-state index contributed by atoms with van der Waals surface area (Å²) in [5.74, 6) is 0. The van der Waals surface area contributed by atoms with Crippen molar-refractivity contribution in [2.45, 2.75) is 53.2 Å². The number of rotatable bonds is 5. The summed E-state index contributed by atoms with van der Waals surface area (Å²) in [6.45, 7) is 9.05. The van der Waals surface area contributed by atoms with E-state index in [-0.39, 0.29) is 0 Å². The van der Waals surface area contributed by atoms with Gasteiger partial charge in [-0.2, -0.15) is 12.6 Å². The summed E-state index contributed by atoms with van der Waals surface area (Å²) in [6.07, 6.45) is 4.41. The minimum absolute atomic E-state index is 0.380. The highest BCUT2D eigenvalue weighted by atomic mass is 32.1. The largest absolute Gasteiger partial charge is 0.374 e. The molecular formula is C15H28OS. The van der Waals surface area contributed by atoms with E-state index in [4.69, 9.17) is 4.74 Å². The number of thiol groups is 1. The second kappa shape index (κ2) is 15.5. The Morgan fingerprint density at radius 1 is 1.12 bits per heavy atom. The summed E-state index contributed by atoms with van der Waals surface area (Å²) in [7, 11) is 0. The van der Waals surface area contributed by atoms with Crippen molar-refractivity contribution in [2.75, 3.05) is 6.26 Å². The quantitative estimate of drug-likeness (QED) is 0.732. The predicted molar refractivity (Wildman–Crippen MR) is 81.9 cm³/mol. The van der Waals surface area contributed by atoms with Gasteiger partial charge in [-0.05, 0) is 25.2 Å². The van der Waals surface area contributed by atoms with E-state index in [1.165, 1.54) is 12.0 Å². The predicted octanol–water partition coefficient (Wildman–Crippen LogP) is 4.96. The molecule has 0 aliphatic rings. The summed E-state index contributed by atoms with van der Waals surface area (Å²) in [5, 5.41) is 0. The van der Waals surface area contributed by atoms with Crippen LogP contribution in [0.2, 0.25) is 0 Å². The molecule has 0 N–H and O–H groups in total. The average molecular weight is 256 g/mol.